The molecule has 90 valence electrons. The predicted octanol–water partition coefficient (Wildman–Crippen LogP) is 2.80. The van der Waals surface area contributed by atoms with Crippen molar-refractivity contribution in [2.45, 2.75) is 6.04 Å². The number of carbonyl (C=O) groups is 1. The summed E-state index contributed by atoms with van der Waals surface area (Å²) >= 11 is 3.47. The number of rotatable bonds is 0. The van der Waals surface area contributed by atoms with Crippen molar-refractivity contribution in [1.29, 1.82) is 0 Å². The lowest BCUT2D eigenvalue weighted by Crippen LogP contribution is -2.36. The van der Waals surface area contributed by atoms with Gasteiger partial charge in [-0.1, -0.05) is 40.2 Å². The minimum Gasteiger partial charge on any atom is -0.507 e. The SMILES string of the molecule is O=C1C=CC2=C(O)c3cccc(Br)c3C=CC2N1. The molecule has 0 fully saturated rings. The summed E-state index contributed by atoms with van der Waals surface area (Å²) in [4.78, 5) is 11.3. The van der Waals surface area contributed by atoms with E-state index in [-0.39, 0.29) is 17.7 Å². The van der Waals surface area contributed by atoms with Crippen LogP contribution in [0.5, 0.6) is 0 Å². The lowest BCUT2D eigenvalue weighted by molar-refractivity contribution is -0.116. The second kappa shape index (κ2) is 4.14. The molecule has 0 radical (unpaired) electrons. The quantitative estimate of drug-likeness (QED) is 0.774. The van der Waals surface area contributed by atoms with Crippen LogP contribution in [0.1, 0.15) is 11.1 Å². The molecule has 1 aromatic rings. The maximum atomic E-state index is 11.3. The second-order valence-corrected chi connectivity index (χ2v) is 5.04. The zero-order chi connectivity index (χ0) is 12.7. The maximum Gasteiger partial charge on any atom is 0.244 e. The van der Waals surface area contributed by atoms with Gasteiger partial charge in [0.1, 0.15) is 5.76 Å². The second-order valence-electron chi connectivity index (χ2n) is 4.18. The van der Waals surface area contributed by atoms with Crippen molar-refractivity contribution in [2.24, 2.45) is 0 Å². The van der Waals surface area contributed by atoms with E-state index in [0.717, 1.165) is 15.6 Å². The van der Waals surface area contributed by atoms with Gasteiger partial charge in [0.15, 0.2) is 0 Å². The maximum absolute atomic E-state index is 11.3. The standard InChI is InChI=1S/C14H10BrNO2/c15-11-3-1-2-9-8(11)4-6-12-10(14(9)18)5-7-13(17)16-12/h1-7,12,18H,(H,16,17). The molecule has 3 rings (SSSR count). The van der Waals surface area contributed by atoms with Crippen molar-refractivity contribution >= 4 is 33.7 Å². The molecule has 18 heavy (non-hydrogen) atoms. The van der Waals surface area contributed by atoms with E-state index in [1.54, 1.807) is 6.08 Å². The Morgan fingerprint density at radius 3 is 2.89 bits per heavy atom. The summed E-state index contributed by atoms with van der Waals surface area (Å²) < 4.78 is 0.914. The van der Waals surface area contributed by atoms with E-state index in [2.05, 4.69) is 21.2 Å². The molecule has 3 nitrogen and oxygen atoms in total. The summed E-state index contributed by atoms with van der Waals surface area (Å²) in [5.74, 6) is 0.0590. The van der Waals surface area contributed by atoms with Crippen LogP contribution in [-0.2, 0) is 4.79 Å². The Bertz CT molecular complexity index is 629. The summed E-state index contributed by atoms with van der Waals surface area (Å²) in [6.07, 6.45) is 6.88. The van der Waals surface area contributed by atoms with Crippen molar-refractivity contribution in [1.82, 2.24) is 5.32 Å². The minimum absolute atomic E-state index is 0.147. The number of benzene rings is 1. The van der Waals surface area contributed by atoms with Gasteiger partial charge in [-0.2, -0.15) is 0 Å². The fraction of sp³-hybridized carbons (Fsp3) is 0.0714. The Morgan fingerprint density at radius 2 is 2.06 bits per heavy atom. The van der Waals surface area contributed by atoms with Gasteiger partial charge in [-0.3, -0.25) is 4.79 Å². The zero-order valence-corrected chi connectivity index (χ0v) is 10.9. The Morgan fingerprint density at radius 1 is 1.22 bits per heavy atom. The summed E-state index contributed by atoms with van der Waals surface area (Å²) in [5.41, 5.74) is 2.39. The summed E-state index contributed by atoms with van der Waals surface area (Å²) in [6.45, 7) is 0. The monoisotopic (exact) mass is 303 g/mol. The number of fused-ring (bicyclic) bond motifs is 2. The van der Waals surface area contributed by atoms with E-state index < -0.39 is 0 Å². The molecule has 0 bridgehead atoms. The van der Waals surface area contributed by atoms with E-state index in [0.29, 0.717) is 5.57 Å². The number of carbonyl (C=O) groups excluding carboxylic acids is 1. The van der Waals surface area contributed by atoms with Crippen LogP contribution in [0.2, 0.25) is 0 Å². The van der Waals surface area contributed by atoms with Crippen LogP contribution in [0.15, 0.2) is 46.5 Å². The van der Waals surface area contributed by atoms with Crippen molar-refractivity contribution in [3.63, 3.8) is 0 Å². The van der Waals surface area contributed by atoms with E-state index in [9.17, 15) is 9.90 Å². The molecule has 1 atom stereocenters. The molecule has 4 heteroatoms. The highest BCUT2D eigenvalue weighted by Gasteiger charge is 2.24. The van der Waals surface area contributed by atoms with Gasteiger partial charge in [-0.15, -0.1) is 0 Å². The fourth-order valence-corrected chi connectivity index (χ4v) is 2.69. The van der Waals surface area contributed by atoms with Gasteiger partial charge >= 0.3 is 0 Å². The van der Waals surface area contributed by atoms with Crippen molar-refractivity contribution < 1.29 is 9.90 Å². The van der Waals surface area contributed by atoms with E-state index >= 15 is 0 Å². The first-order chi connectivity index (χ1) is 8.66. The third kappa shape index (κ3) is 1.69. The van der Waals surface area contributed by atoms with Crippen LogP contribution in [0.3, 0.4) is 0 Å². The van der Waals surface area contributed by atoms with Gasteiger partial charge in [0, 0.05) is 21.7 Å². The molecule has 0 saturated heterocycles. The first kappa shape index (κ1) is 11.3. The first-order valence-corrected chi connectivity index (χ1v) is 6.35. The highest BCUT2D eigenvalue weighted by molar-refractivity contribution is 9.10. The van der Waals surface area contributed by atoms with Gasteiger partial charge in [-0.05, 0) is 17.7 Å². The number of amides is 1. The minimum atomic E-state index is -0.276. The Kier molecular flexibility index (Phi) is 2.59. The van der Waals surface area contributed by atoms with Crippen LogP contribution < -0.4 is 5.32 Å². The lowest BCUT2D eigenvalue weighted by Gasteiger charge is -2.19. The van der Waals surface area contributed by atoms with Gasteiger partial charge in [0.05, 0.1) is 6.04 Å². The number of hydrogen-bond acceptors (Lipinski definition) is 2. The molecule has 1 aliphatic carbocycles. The van der Waals surface area contributed by atoms with Crippen LogP contribution >= 0.6 is 15.9 Å². The third-order valence-corrected chi connectivity index (χ3v) is 3.78. The molecule has 0 spiro atoms. The van der Waals surface area contributed by atoms with Crippen LogP contribution in [0, 0.1) is 0 Å². The predicted molar refractivity (Wildman–Crippen MR) is 73.8 cm³/mol. The average Bonchev–Trinajstić information content (AvgIpc) is 2.49. The Labute approximate surface area is 113 Å². The summed E-state index contributed by atoms with van der Waals surface area (Å²) in [5, 5.41) is 13.2. The van der Waals surface area contributed by atoms with Crippen molar-refractivity contribution in [3.8, 4) is 0 Å². The largest absolute Gasteiger partial charge is 0.507 e. The number of nitrogens with one attached hydrogen (secondary N) is 1. The number of hydrogen-bond donors (Lipinski definition) is 2. The van der Waals surface area contributed by atoms with E-state index in [1.165, 1.54) is 6.08 Å². The molecule has 1 amide bonds. The number of aliphatic hydroxyl groups is 1. The fourth-order valence-electron chi connectivity index (χ4n) is 2.19. The number of halogens is 1. The van der Waals surface area contributed by atoms with Gasteiger partial charge in [-0.25, -0.2) is 0 Å². The molecule has 1 heterocycles. The molecule has 2 aliphatic rings. The molecule has 0 saturated carbocycles. The molecule has 2 N–H and O–H groups in total. The zero-order valence-electron chi connectivity index (χ0n) is 9.35. The van der Waals surface area contributed by atoms with Gasteiger partial charge < -0.3 is 10.4 Å². The molecule has 1 unspecified atom stereocenters. The Balaban J connectivity index is 2.25. The van der Waals surface area contributed by atoms with Gasteiger partial charge in [0.25, 0.3) is 0 Å². The molecule has 0 aromatic heterocycles. The molecular formula is C14H10BrNO2. The lowest BCUT2D eigenvalue weighted by atomic mass is 10.00. The highest BCUT2D eigenvalue weighted by Crippen LogP contribution is 2.32. The van der Waals surface area contributed by atoms with E-state index in [1.807, 2.05) is 30.4 Å². The normalized spacial score (nSPS) is 21.2. The smallest absolute Gasteiger partial charge is 0.244 e. The average molecular weight is 304 g/mol. The third-order valence-electron chi connectivity index (χ3n) is 3.08. The molecule has 1 aliphatic heterocycles. The van der Waals surface area contributed by atoms with E-state index in [4.69, 9.17) is 0 Å². The molecule has 1 aromatic carbocycles. The van der Waals surface area contributed by atoms with Crippen LogP contribution in [0.25, 0.3) is 11.8 Å². The van der Waals surface area contributed by atoms with Crippen LogP contribution in [-0.4, -0.2) is 17.1 Å². The summed E-state index contributed by atoms with van der Waals surface area (Å²) in [7, 11) is 0. The van der Waals surface area contributed by atoms with Gasteiger partial charge in [0.2, 0.25) is 5.91 Å². The van der Waals surface area contributed by atoms with Crippen molar-refractivity contribution in [2.75, 3.05) is 0 Å². The topological polar surface area (TPSA) is 49.3 Å². The highest BCUT2D eigenvalue weighted by atomic mass is 79.9. The Hall–Kier alpha value is -1.81. The van der Waals surface area contributed by atoms with Crippen LogP contribution in [0.4, 0.5) is 0 Å². The number of aliphatic hydroxyl groups excluding tert-OH is 1. The summed E-state index contributed by atoms with van der Waals surface area (Å²) in [6, 6.07) is 5.38. The first-order valence-electron chi connectivity index (χ1n) is 5.55. The molecular weight excluding hydrogens is 294 g/mol. The van der Waals surface area contributed by atoms with Crippen molar-refractivity contribution in [3.05, 3.63) is 57.6 Å².